The summed E-state index contributed by atoms with van der Waals surface area (Å²) in [5.74, 6) is 0. The summed E-state index contributed by atoms with van der Waals surface area (Å²) < 4.78 is 0. The molecule has 1 aliphatic carbocycles. The van der Waals surface area contributed by atoms with Gasteiger partial charge in [-0.25, -0.2) is 0 Å². The van der Waals surface area contributed by atoms with Gasteiger partial charge in [0.15, 0.2) is 0 Å². The molecule has 8 heavy (non-hydrogen) atoms. The quantitative estimate of drug-likeness (QED) is 0.582. The van der Waals surface area contributed by atoms with Gasteiger partial charge in [-0.2, -0.15) is 0 Å². The Kier molecular flexibility index (Phi) is 3.43. The van der Waals surface area contributed by atoms with E-state index >= 15 is 0 Å². The Morgan fingerprint density at radius 2 is 1.88 bits per heavy atom. The Bertz CT molecular complexity index is 78.5. The molecule has 1 aliphatic rings. The summed E-state index contributed by atoms with van der Waals surface area (Å²) in [5.41, 5.74) is 1.12. The fourth-order valence-corrected chi connectivity index (χ4v) is 6.53. The molecule has 3 radical (unpaired) electrons. The minimum atomic E-state index is 1.09. The van der Waals surface area contributed by atoms with Crippen molar-refractivity contribution in [1.82, 2.24) is 0 Å². The molecule has 0 nitrogen and oxygen atoms in total. The summed E-state index contributed by atoms with van der Waals surface area (Å²) in [4.78, 5) is 0. The van der Waals surface area contributed by atoms with E-state index in [0.29, 0.717) is 0 Å². The first kappa shape index (κ1) is 7.06. The maximum atomic E-state index is 3.11. The van der Waals surface area contributed by atoms with Crippen LogP contribution in [0, 0.1) is 0 Å². The van der Waals surface area contributed by atoms with E-state index in [4.69, 9.17) is 0 Å². The Morgan fingerprint density at radius 1 is 1.25 bits per heavy atom. The summed E-state index contributed by atoms with van der Waals surface area (Å²) in [5, 5.41) is 0. The van der Waals surface area contributed by atoms with Gasteiger partial charge in [0.1, 0.15) is 0 Å². The predicted molar refractivity (Wildman–Crippen MR) is 39.5 cm³/mol. The summed E-state index contributed by atoms with van der Waals surface area (Å²) in [6, 6.07) is 0. The van der Waals surface area contributed by atoms with Gasteiger partial charge in [-0.05, 0) is 0 Å². The van der Waals surface area contributed by atoms with Gasteiger partial charge in [-0.15, -0.1) is 0 Å². The number of hydrogen-bond acceptors (Lipinski definition) is 0. The van der Waals surface area contributed by atoms with E-state index in [0.717, 1.165) is 12.7 Å². The van der Waals surface area contributed by atoms with Crippen molar-refractivity contribution in [2.45, 2.75) is 31.2 Å². The Morgan fingerprint density at radius 3 is 2.38 bits per heavy atom. The van der Waals surface area contributed by atoms with Crippen molar-refractivity contribution in [2.75, 3.05) is 0 Å². The molecule has 1 rings (SSSR count). The van der Waals surface area contributed by atoms with Crippen LogP contribution in [0.1, 0.15) is 25.7 Å². The van der Waals surface area contributed by atoms with E-state index in [-0.39, 0.29) is 0 Å². The average molecular weight is 204 g/mol. The molecule has 0 spiro atoms. The second kappa shape index (κ2) is 3.88. The zero-order chi connectivity index (χ0) is 5.82. The van der Waals surface area contributed by atoms with Crippen molar-refractivity contribution in [3.8, 4) is 0 Å². The van der Waals surface area contributed by atoms with Crippen LogP contribution in [0.4, 0.5) is 0 Å². The topological polar surface area (TPSA) is 0 Å². The van der Waals surface area contributed by atoms with Gasteiger partial charge in [0, 0.05) is 0 Å². The molecule has 0 heterocycles. The molecule has 0 aromatic heterocycles. The molecular formula is C5H9SeSi2. The number of rotatable bonds is 2. The van der Waals surface area contributed by atoms with E-state index in [9.17, 15) is 0 Å². The summed E-state index contributed by atoms with van der Waals surface area (Å²) >= 11 is 3.11. The zero-order valence-electron chi connectivity index (χ0n) is 4.81. The summed E-state index contributed by atoms with van der Waals surface area (Å²) in [6.45, 7) is 0. The van der Waals surface area contributed by atoms with Crippen molar-refractivity contribution in [3.63, 3.8) is 0 Å². The Labute approximate surface area is 62.6 Å². The molecule has 3 heteroatoms. The molecule has 0 aromatic rings. The summed E-state index contributed by atoms with van der Waals surface area (Å²) in [6.07, 6.45) is 6.05. The van der Waals surface area contributed by atoms with Gasteiger partial charge in [0.05, 0.1) is 0 Å². The zero-order valence-corrected chi connectivity index (χ0v) is 8.53. The first-order valence-electron chi connectivity index (χ1n) is 3.06. The fourth-order valence-electron chi connectivity index (χ4n) is 1.15. The van der Waals surface area contributed by atoms with Crippen LogP contribution >= 0.6 is 0 Å². The third-order valence-corrected chi connectivity index (χ3v) is 6.53. The molecule has 0 saturated heterocycles. The average Bonchev–Trinajstić information content (AvgIpc) is 2.19. The van der Waals surface area contributed by atoms with E-state index in [1.807, 2.05) is 0 Å². The van der Waals surface area contributed by atoms with Crippen LogP contribution in [0.25, 0.3) is 0 Å². The van der Waals surface area contributed by atoms with Crippen LogP contribution in [0.15, 0.2) is 0 Å². The third-order valence-electron chi connectivity index (χ3n) is 1.62. The van der Waals surface area contributed by atoms with E-state index in [2.05, 4.69) is 14.9 Å². The SMILES string of the molecule is [Se]=[Si][Si]C1CCCC1. The second-order valence-corrected chi connectivity index (χ2v) is 8.87. The standard InChI is InChI=1S/C5H9SeSi2/c6-8-7-5-3-1-2-4-5/h5H,1-4H2. The van der Waals surface area contributed by atoms with Crippen molar-refractivity contribution >= 4 is 31.1 Å². The van der Waals surface area contributed by atoms with Crippen LogP contribution in [0.2, 0.25) is 5.54 Å². The van der Waals surface area contributed by atoms with Gasteiger partial charge in [0.25, 0.3) is 0 Å². The molecule has 1 saturated carbocycles. The normalized spacial score (nSPS) is 21.5. The van der Waals surface area contributed by atoms with Gasteiger partial charge in [-0.1, -0.05) is 0 Å². The maximum absolute atomic E-state index is 3.11. The summed E-state index contributed by atoms with van der Waals surface area (Å²) in [7, 11) is 2.34. The second-order valence-electron chi connectivity index (χ2n) is 2.23. The third kappa shape index (κ3) is 2.05. The molecule has 0 aromatic carbocycles. The van der Waals surface area contributed by atoms with Crippen LogP contribution < -0.4 is 0 Å². The Hall–Kier alpha value is 0.953. The van der Waals surface area contributed by atoms with Crippen LogP contribution in [-0.4, -0.2) is 31.1 Å². The molecule has 43 valence electrons. The molecule has 0 aliphatic heterocycles. The molecule has 0 N–H and O–H groups in total. The van der Waals surface area contributed by atoms with Crippen molar-refractivity contribution in [1.29, 1.82) is 0 Å². The van der Waals surface area contributed by atoms with Crippen LogP contribution in [-0.2, 0) is 0 Å². The Balaban J connectivity index is 2.14. The van der Waals surface area contributed by atoms with E-state index < -0.39 is 0 Å². The fraction of sp³-hybridized carbons (Fsp3) is 1.00. The van der Waals surface area contributed by atoms with Crippen LogP contribution in [0.3, 0.4) is 0 Å². The monoisotopic (exact) mass is 205 g/mol. The number of hydrogen-bond donors (Lipinski definition) is 0. The molecule has 1 fully saturated rings. The molecule has 0 bridgehead atoms. The first-order valence-corrected chi connectivity index (χ1v) is 8.61. The molecule has 0 atom stereocenters. The van der Waals surface area contributed by atoms with Crippen molar-refractivity contribution in [3.05, 3.63) is 0 Å². The van der Waals surface area contributed by atoms with Gasteiger partial charge in [-0.3, -0.25) is 0 Å². The predicted octanol–water partition coefficient (Wildman–Crippen LogP) is 0.756. The molecule has 0 unspecified atom stereocenters. The van der Waals surface area contributed by atoms with Crippen LogP contribution in [0.5, 0.6) is 0 Å². The van der Waals surface area contributed by atoms with Crippen molar-refractivity contribution in [2.24, 2.45) is 0 Å². The van der Waals surface area contributed by atoms with Crippen molar-refractivity contribution < 1.29 is 0 Å². The van der Waals surface area contributed by atoms with Gasteiger partial charge >= 0.3 is 62.3 Å². The van der Waals surface area contributed by atoms with Gasteiger partial charge in [0.2, 0.25) is 0 Å². The van der Waals surface area contributed by atoms with E-state index in [1.165, 1.54) is 34.7 Å². The molecule has 0 amide bonds. The first-order chi connectivity index (χ1) is 3.93. The molecular weight excluding hydrogens is 195 g/mol. The van der Waals surface area contributed by atoms with E-state index in [1.54, 1.807) is 0 Å². The van der Waals surface area contributed by atoms with Gasteiger partial charge < -0.3 is 0 Å². The minimum absolute atomic E-state index is 1.09.